The van der Waals surface area contributed by atoms with E-state index in [4.69, 9.17) is 5.11 Å². The normalized spacial score (nSPS) is 43.2. The Bertz CT molecular complexity index is 335. The summed E-state index contributed by atoms with van der Waals surface area (Å²) < 4.78 is 22.2. The smallest absolute Gasteiger partial charge is 0.313 e. The van der Waals surface area contributed by atoms with Crippen LogP contribution in [0, 0.1) is 5.41 Å². The van der Waals surface area contributed by atoms with E-state index in [0.29, 0.717) is 0 Å². The first-order valence-electron chi connectivity index (χ1n) is 3.65. The number of rotatable bonds is 1. The summed E-state index contributed by atoms with van der Waals surface area (Å²) in [6.45, 7) is 0.570. The van der Waals surface area contributed by atoms with Gasteiger partial charge in [0.15, 0.2) is 9.84 Å². The van der Waals surface area contributed by atoms with Crippen molar-refractivity contribution in [2.45, 2.75) is 5.25 Å². The highest BCUT2D eigenvalue weighted by Crippen LogP contribution is 2.43. The summed E-state index contributed by atoms with van der Waals surface area (Å²) in [5, 5.41) is 10.9. The van der Waals surface area contributed by atoms with E-state index in [1.807, 2.05) is 0 Å². The molecule has 68 valence electrons. The van der Waals surface area contributed by atoms with E-state index in [1.165, 1.54) is 0 Å². The number of fused-ring (bicyclic) bond motifs is 1. The van der Waals surface area contributed by atoms with E-state index in [9.17, 15) is 13.2 Å². The number of hydrogen-bond donors (Lipinski definition) is 2. The molecule has 2 fully saturated rings. The van der Waals surface area contributed by atoms with Gasteiger partial charge in [-0.15, -0.1) is 0 Å². The highest BCUT2D eigenvalue weighted by atomic mass is 32.2. The van der Waals surface area contributed by atoms with Crippen LogP contribution in [0.3, 0.4) is 0 Å². The minimum atomic E-state index is -3.11. The summed E-state index contributed by atoms with van der Waals surface area (Å²) in [6.07, 6.45) is 0. The van der Waals surface area contributed by atoms with Gasteiger partial charge in [0.25, 0.3) is 0 Å². The van der Waals surface area contributed by atoms with E-state index < -0.39 is 26.5 Å². The predicted octanol–water partition coefficient (Wildman–Crippen LogP) is -1.54. The van der Waals surface area contributed by atoms with E-state index >= 15 is 0 Å². The lowest BCUT2D eigenvalue weighted by molar-refractivity contribution is -0.147. The van der Waals surface area contributed by atoms with Gasteiger partial charge >= 0.3 is 5.97 Å². The Kier molecular flexibility index (Phi) is 1.33. The maximum absolute atomic E-state index is 11.1. The van der Waals surface area contributed by atoms with Crippen molar-refractivity contribution < 1.29 is 18.3 Å². The first kappa shape index (κ1) is 8.00. The van der Waals surface area contributed by atoms with Crippen molar-refractivity contribution in [1.82, 2.24) is 5.32 Å². The van der Waals surface area contributed by atoms with Crippen molar-refractivity contribution in [1.29, 1.82) is 0 Å². The molecule has 0 spiro atoms. The Hall–Kier alpha value is -0.620. The fourth-order valence-corrected chi connectivity index (χ4v) is 4.36. The molecule has 2 unspecified atom stereocenters. The van der Waals surface area contributed by atoms with Crippen LogP contribution in [0.2, 0.25) is 0 Å². The number of carboxylic acids is 1. The van der Waals surface area contributed by atoms with Crippen LogP contribution in [0.25, 0.3) is 0 Å². The molecule has 2 N–H and O–H groups in total. The second kappa shape index (κ2) is 2.00. The summed E-state index contributed by atoms with van der Waals surface area (Å²) >= 11 is 0. The molecule has 2 rings (SSSR count). The van der Waals surface area contributed by atoms with Crippen molar-refractivity contribution in [2.75, 3.05) is 18.8 Å². The Labute approximate surface area is 69.7 Å². The third-order valence-corrected chi connectivity index (χ3v) is 5.11. The van der Waals surface area contributed by atoms with Crippen LogP contribution in [0.5, 0.6) is 0 Å². The minimum Gasteiger partial charge on any atom is -0.481 e. The molecular weight excluding hydrogens is 182 g/mol. The highest BCUT2D eigenvalue weighted by molar-refractivity contribution is 7.93. The first-order chi connectivity index (χ1) is 5.49. The third-order valence-electron chi connectivity index (χ3n) is 2.70. The molecule has 0 saturated carbocycles. The van der Waals surface area contributed by atoms with Gasteiger partial charge in [0.05, 0.1) is 11.0 Å². The molecule has 6 heteroatoms. The second-order valence-corrected chi connectivity index (χ2v) is 5.57. The maximum atomic E-state index is 11.1. The largest absolute Gasteiger partial charge is 0.481 e. The molecule has 0 aromatic rings. The van der Waals surface area contributed by atoms with Crippen LogP contribution < -0.4 is 5.32 Å². The first-order valence-corrected chi connectivity index (χ1v) is 5.36. The number of sulfone groups is 1. The zero-order valence-electron chi connectivity index (χ0n) is 6.28. The lowest BCUT2D eigenvalue weighted by atomic mass is 9.88. The molecule has 0 aliphatic carbocycles. The van der Waals surface area contributed by atoms with Gasteiger partial charge in [0.1, 0.15) is 5.41 Å². The average Bonchev–Trinajstić information content (AvgIpc) is 2.28. The van der Waals surface area contributed by atoms with Gasteiger partial charge in [-0.05, 0) is 0 Å². The molecule has 0 amide bonds. The Balaban J connectivity index is 2.38. The number of carbonyl (C=O) groups is 1. The number of carboxylic acid groups (broad SMARTS) is 1. The van der Waals surface area contributed by atoms with Gasteiger partial charge in [-0.1, -0.05) is 0 Å². The van der Waals surface area contributed by atoms with Crippen molar-refractivity contribution >= 4 is 15.8 Å². The molecule has 2 saturated heterocycles. The van der Waals surface area contributed by atoms with Crippen molar-refractivity contribution in [3.8, 4) is 0 Å². The molecule has 0 aromatic carbocycles. The van der Waals surface area contributed by atoms with Gasteiger partial charge in [-0.25, -0.2) is 8.42 Å². The van der Waals surface area contributed by atoms with E-state index in [1.54, 1.807) is 0 Å². The molecule has 2 aliphatic rings. The summed E-state index contributed by atoms with van der Waals surface area (Å²) in [6, 6.07) is 0. The highest BCUT2D eigenvalue weighted by Gasteiger charge is 2.65. The van der Waals surface area contributed by atoms with Crippen molar-refractivity contribution in [3.63, 3.8) is 0 Å². The predicted molar refractivity (Wildman–Crippen MR) is 40.5 cm³/mol. The molecule has 0 aromatic heterocycles. The van der Waals surface area contributed by atoms with Gasteiger partial charge in [-0.3, -0.25) is 4.79 Å². The molecule has 2 atom stereocenters. The SMILES string of the molecule is O=C(O)C12CNCC1S(=O)(=O)C2. The molecule has 0 bridgehead atoms. The Morgan fingerprint density at radius 2 is 2.25 bits per heavy atom. The Morgan fingerprint density at radius 1 is 1.58 bits per heavy atom. The maximum Gasteiger partial charge on any atom is 0.313 e. The van der Waals surface area contributed by atoms with Crippen LogP contribution in [0.4, 0.5) is 0 Å². The molecule has 5 nitrogen and oxygen atoms in total. The van der Waals surface area contributed by atoms with Crippen LogP contribution in [0.1, 0.15) is 0 Å². The monoisotopic (exact) mass is 191 g/mol. The average molecular weight is 191 g/mol. The second-order valence-electron chi connectivity index (χ2n) is 3.39. The van der Waals surface area contributed by atoms with Gasteiger partial charge in [0, 0.05) is 13.1 Å². The van der Waals surface area contributed by atoms with E-state index in [-0.39, 0.29) is 18.8 Å². The summed E-state index contributed by atoms with van der Waals surface area (Å²) in [4.78, 5) is 10.8. The summed E-state index contributed by atoms with van der Waals surface area (Å²) in [5.41, 5.74) is -1.02. The van der Waals surface area contributed by atoms with Crippen molar-refractivity contribution in [2.24, 2.45) is 5.41 Å². The van der Waals surface area contributed by atoms with Gasteiger partial charge in [0.2, 0.25) is 0 Å². The van der Waals surface area contributed by atoms with Gasteiger partial charge < -0.3 is 10.4 Å². The number of aliphatic carboxylic acids is 1. The molecule has 2 heterocycles. The van der Waals surface area contributed by atoms with E-state index in [0.717, 1.165) is 0 Å². The third kappa shape index (κ3) is 0.714. The molecular formula is C6H9NO4S. The van der Waals surface area contributed by atoms with E-state index in [2.05, 4.69) is 5.32 Å². The Morgan fingerprint density at radius 3 is 2.67 bits per heavy atom. The van der Waals surface area contributed by atoms with Gasteiger partial charge in [-0.2, -0.15) is 0 Å². The number of nitrogens with one attached hydrogen (secondary N) is 1. The van der Waals surface area contributed by atoms with Crippen LogP contribution in [-0.2, 0) is 14.6 Å². The zero-order valence-corrected chi connectivity index (χ0v) is 7.10. The standard InChI is InChI=1S/C6H9NO4S/c8-5(9)6-2-7-1-4(6)12(10,11)3-6/h4,7H,1-3H2,(H,8,9). The zero-order chi connectivity index (χ0) is 8.98. The fourth-order valence-electron chi connectivity index (χ4n) is 1.99. The van der Waals surface area contributed by atoms with Crippen LogP contribution in [-0.4, -0.2) is 43.6 Å². The number of hydrogen-bond acceptors (Lipinski definition) is 4. The van der Waals surface area contributed by atoms with Crippen LogP contribution >= 0.6 is 0 Å². The minimum absolute atomic E-state index is 0.201. The summed E-state index contributed by atoms with van der Waals surface area (Å²) in [5.74, 6) is -1.19. The lowest BCUT2D eigenvalue weighted by Crippen LogP contribution is -2.61. The van der Waals surface area contributed by atoms with Crippen LogP contribution in [0.15, 0.2) is 0 Å². The molecule has 2 aliphatic heterocycles. The molecule has 12 heavy (non-hydrogen) atoms. The molecule has 0 radical (unpaired) electrons. The fraction of sp³-hybridized carbons (Fsp3) is 0.833. The lowest BCUT2D eigenvalue weighted by Gasteiger charge is -2.38. The quantitative estimate of drug-likeness (QED) is 0.524. The summed E-state index contributed by atoms with van der Waals surface area (Å²) in [7, 11) is -3.11. The topological polar surface area (TPSA) is 83.5 Å². The van der Waals surface area contributed by atoms with Crippen molar-refractivity contribution in [3.05, 3.63) is 0 Å².